The number of hydrogen-bond donors (Lipinski definition) is 2. The van der Waals surface area contributed by atoms with Gasteiger partial charge < -0.3 is 20.1 Å². The van der Waals surface area contributed by atoms with Crippen LogP contribution in [0.2, 0.25) is 0 Å². The summed E-state index contributed by atoms with van der Waals surface area (Å²) in [5.41, 5.74) is 5.43. The number of nitrogens with one attached hydrogen (secondary N) is 2. The van der Waals surface area contributed by atoms with Crippen LogP contribution in [0.4, 0.5) is 10.3 Å². The van der Waals surface area contributed by atoms with E-state index < -0.39 is 0 Å². The number of methoxy groups -OCH3 is 2. The van der Waals surface area contributed by atoms with Gasteiger partial charge in [-0.15, -0.1) is 22.7 Å². The van der Waals surface area contributed by atoms with Crippen molar-refractivity contribution in [3.05, 3.63) is 93.0 Å². The minimum absolute atomic E-state index is 0.0782. The van der Waals surface area contributed by atoms with Crippen molar-refractivity contribution in [1.82, 2.24) is 19.8 Å². The standard InChI is InChI=1S/2C20H25N3O2S/c2*1-14-10-17(11-16-4-6-18(25-3)7-5-16)8-9-23(14)13-19-12-21-20(26-19)22-15(2)24/h2*4-7,11-12,14H,8-10,13H2,1-3H3,(H,21,22,24). The van der Waals surface area contributed by atoms with Crippen LogP contribution in [0.3, 0.4) is 0 Å². The predicted molar refractivity (Wildman–Crippen MR) is 213 cm³/mol. The maximum absolute atomic E-state index is 11.1. The second-order valence-electron chi connectivity index (χ2n) is 13.3. The lowest BCUT2D eigenvalue weighted by Crippen LogP contribution is -2.37. The molecule has 2 atom stereocenters. The van der Waals surface area contributed by atoms with Gasteiger partial charge in [0.15, 0.2) is 10.3 Å². The maximum atomic E-state index is 11.1. The number of hydrogen-bond acceptors (Lipinski definition) is 10. The van der Waals surface area contributed by atoms with E-state index in [1.807, 2.05) is 36.7 Å². The molecule has 4 aromatic rings. The van der Waals surface area contributed by atoms with E-state index in [-0.39, 0.29) is 11.8 Å². The van der Waals surface area contributed by atoms with Crippen molar-refractivity contribution >= 4 is 56.9 Å². The number of amides is 2. The van der Waals surface area contributed by atoms with Crippen molar-refractivity contribution in [2.45, 2.75) is 78.6 Å². The second kappa shape index (κ2) is 18.9. The molecule has 2 aromatic heterocycles. The van der Waals surface area contributed by atoms with Gasteiger partial charge in [0, 0.05) is 74.3 Å². The molecule has 0 spiro atoms. The van der Waals surface area contributed by atoms with Gasteiger partial charge in [-0.05, 0) is 74.9 Å². The number of carbonyl (C=O) groups is 2. The normalized spacial score (nSPS) is 19.5. The number of thiazole rings is 2. The zero-order chi connectivity index (χ0) is 37.0. The first-order valence-electron chi connectivity index (χ1n) is 17.7. The summed E-state index contributed by atoms with van der Waals surface area (Å²) < 4.78 is 10.4. The van der Waals surface area contributed by atoms with Crippen LogP contribution in [0.1, 0.15) is 74.3 Å². The number of nitrogens with zero attached hydrogens (tertiary/aromatic N) is 4. The molecular formula is C40H50N6O4S2. The van der Waals surface area contributed by atoms with Crippen molar-refractivity contribution < 1.29 is 19.1 Å². The minimum atomic E-state index is -0.0782. The molecule has 0 aliphatic carbocycles. The van der Waals surface area contributed by atoms with E-state index in [4.69, 9.17) is 9.47 Å². The number of rotatable bonds is 10. The Labute approximate surface area is 315 Å². The van der Waals surface area contributed by atoms with Gasteiger partial charge in [-0.2, -0.15) is 0 Å². The summed E-state index contributed by atoms with van der Waals surface area (Å²) in [5, 5.41) is 6.85. The maximum Gasteiger partial charge on any atom is 0.223 e. The highest BCUT2D eigenvalue weighted by molar-refractivity contribution is 7.16. The van der Waals surface area contributed by atoms with Crippen LogP contribution in [0.25, 0.3) is 12.2 Å². The SMILES string of the molecule is COc1ccc(C=C2CCN(Cc3cnc(NC(C)=O)s3)C(C)C2)cc1.COc1ccc(C=C2CCN(Cc3cnc(NC(C)=O)s3)C(C)C2)cc1. The summed E-state index contributed by atoms with van der Waals surface area (Å²) in [6.07, 6.45) is 12.6. The van der Waals surface area contributed by atoms with E-state index >= 15 is 0 Å². The largest absolute Gasteiger partial charge is 0.497 e. The number of ether oxygens (including phenoxy) is 2. The topological polar surface area (TPSA) is 109 Å². The molecule has 2 saturated heterocycles. The first kappa shape index (κ1) is 38.9. The molecule has 0 bridgehead atoms. The molecule has 2 N–H and O–H groups in total. The lowest BCUT2D eigenvalue weighted by atomic mass is 9.95. The molecular weight excluding hydrogens is 693 g/mol. The molecule has 10 nitrogen and oxygen atoms in total. The molecule has 12 heteroatoms. The van der Waals surface area contributed by atoms with Crippen molar-refractivity contribution in [1.29, 1.82) is 0 Å². The molecule has 52 heavy (non-hydrogen) atoms. The van der Waals surface area contributed by atoms with Gasteiger partial charge in [-0.3, -0.25) is 19.4 Å². The highest BCUT2D eigenvalue weighted by atomic mass is 32.1. The van der Waals surface area contributed by atoms with Gasteiger partial charge in [-0.1, -0.05) is 47.6 Å². The molecule has 4 heterocycles. The molecule has 2 fully saturated rings. The molecule has 0 radical (unpaired) electrons. The number of benzene rings is 2. The number of piperidine rings is 2. The fourth-order valence-corrected chi connectivity index (χ4v) is 8.19. The fraction of sp³-hybridized carbons (Fsp3) is 0.400. The van der Waals surface area contributed by atoms with Crippen molar-refractivity contribution in [3.8, 4) is 11.5 Å². The van der Waals surface area contributed by atoms with Crippen molar-refractivity contribution in [3.63, 3.8) is 0 Å². The molecule has 2 unspecified atom stereocenters. The van der Waals surface area contributed by atoms with E-state index in [1.54, 1.807) is 36.9 Å². The summed E-state index contributed by atoms with van der Waals surface area (Å²) in [4.78, 5) is 38.1. The monoisotopic (exact) mass is 742 g/mol. The Morgan fingerprint density at radius 1 is 0.712 bits per heavy atom. The van der Waals surface area contributed by atoms with E-state index in [9.17, 15) is 9.59 Å². The Morgan fingerprint density at radius 2 is 1.10 bits per heavy atom. The average molecular weight is 743 g/mol. The lowest BCUT2D eigenvalue weighted by Gasteiger charge is -2.34. The number of carbonyl (C=O) groups excluding carboxylic acids is 2. The summed E-state index contributed by atoms with van der Waals surface area (Å²) >= 11 is 3.11. The number of likely N-dealkylation sites (tertiary alicyclic amines) is 2. The molecule has 2 aromatic carbocycles. The quantitative estimate of drug-likeness (QED) is 0.167. The first-order chi connectivity index (χ1) is 25.1. The molecule has 0 saturated carbocycles. The van der Waals surface area contributed by atoms with Gasteiger partial charge in [0.2, 0.25) is 11.8 Å². The summed E-state index contributed by atoms with van der Waals surface area (Å²) in [6.45, 7) is 11.4. The number of anilines is 2. The van der Waals surface area contributed by atoms with E-state index in [0.717, 1.165) is 63.4 Å². The second-order valence-corrected chi connectivity index (χ2v) is 15.6. The van der Waals surface area contributed by atoms with Gasteiger partial charge in [0.1, 0.15) is 11.5 Å². The third kappa shape index (κ3) is 11.8. The Hall–Kier alpha value is -4.36. The van der Waals surface area contributed by atoms with Gasteiger partial charge in [-0.25, -0.2) is 9.97 Å². The van der Waals surface area contributed by atoms with Gasteiger partial charge in [0.25, 0.3) is 0 Å². The average Bonchev–Trinajstić information content (AvgIpc) is 3.76. The Bertz CT molecular complexity index is 1700. The zero-order valence-electron chi connectivity index (χ0n) is 31.0. The molecule has 6 rings (SSSR count). The molecule has 2 amide bonds. The third-order valence-corrected chi connectivity index (χ3v) is 11.0. The first-order valence-corrected chi connectivity index (χ1v) is 19.3. The zero-order valence-corrected chi connectivity index (χ0v) is 32.6. The molecule has 2 aliphatic heterocycles. The van der Waals surface area contributed by atoms with E-state index in [1.165, 1.54) is 45.9 Å². The third-order valence-electron chi connectivity index (χ3n) is 9.17. The summed E-state index contributed by atoms with van der Waals surface area (Å²) in [7, 11) is 3.38. The van der Waals surface area contributed by atoms with Crippen molar-refractivity contribution in [2.75, 3.05) is 37.9 Å². The van der Waals surface area contributed by atoms with Crippen LogP contribution < -0.4 is 20.1 Å². The van der Waals surface area contributed by atoms with Crippen LogP contribution in [-0.4, -0.2) is 71.0 Å². The summed E-state index contributed by atoms with van der Waals surface area (Å²) in [5.74, 6) is 1.62. The smallest absolute Gasteiger partial charge is 0.223 e. The van der Waals surface area contributed by atoms with Crippen LogP contribution in [0, 0.1) is 0 Å². The van der Waals surface area contributed by atoms with Gasteiger partial charge >= 0.3 is 0 Å². The highest BCUT2D eigenvalue weighted by Crippen LogP contribution is 2.30. The van der Waals surface area contributed by atoms with E-state index in [2.05, 4.69) is 80.7 Å². The van der Waals surface area contributed by atoms with Crippen LogP contribution in [0.5, 0.6) is 11.5 Å². The number of aromatic nitrogens is 2. The predicted octanol–water partition coefficient (Wildman–Crippen LogP) is 8.36. The van der Waals surface area contributed by atoms with E-state index in [0.29, 0.717) is 22.3 Å². The van der Waals surface area contributed by atoms with Crippen LogP contribution >= 0.6 is 22.7 Å². The Morgan fingerprint density at radius 3 is 1.42 bits per heavy atom. The highest BCUT2D eigenvalue weighted by Gasteiger charge is 2.23. The van der Waals surface area contributed by atoms with Crippen molar-refractivity contribution in [2.24, 2.45) is 0 Å². The Balaban J connectivity index is 0.000000201. The minimum Gasteiger partial charge on any atom is -0.497 e. The lowest BCUT2D eigenvalue weighted by molar-refractivity contribution is -0.115. The van der Waals surface area contributed by atoms with Crippen LogP contribution in [-0.2, 0) is 22.7 Å². The fourth-order valence-electron chi connectivity index (χ4n) is 6.42. The molecule has 276 valence electrons. The summed E-state index contributed by atoms with van der Waals surface area (Å²) in [6, 6.07) is 17.4. The van der Waals surface area contributed by atoms with Crippen LogP contribution in [0.15, 0.2) is 72.1 Å². The van der Waals surface area contributed by atoms with Gasteiger partial charge in [0.05, 0.1) is 14.2 Å². The Kier molecular flexibility index (Phi) is 14.1. The molecule has 2 aliphatic rings.